The van der Waals surface area contributed by atoms with Gasteiger partial charge in [-0.1, -0.05) is 23.7 Å². The summed E-state index contributed by atoms with van der Waals surface area (Å²) in [6.07, 6.45) is 3.36. The first-order chi connectivity index (χ1) is 9.66. The fraction of sp³-hybridized carbons (Fsp3) is 0.0714. The first-order valence-electron chi connectivity index (χ1n) is 6.02. The summed E-state index contributed by atoms with van der Waals surface area (Å²) in [6.45, 7) is 1.87. The lowest BCUT2D eigenvalue weighted by Crippen LogP contribution is -2.15. The van der Waals surface area contributed by atoms with Crippen molar-refractivity contribution in [2.45, 2.75) is 6.92 Å². The van der Waals surface area contributed by atoms with Gasteiger partial charge in [0.15, 0.2) is 5.69 Å². The Balaban J connectivity index is 1.97. The van der Waals surface area contributed by atoms with Crippen molar-refractivity contribution in [2.24, 2.45) is 0 Å². The summed E-state index contributed by atoms with van der Waals surface area (Å²) < 4.78 is 1.57. The van der Waals surface area contributed by atoms with Crippen LogP contribution in [-0.2, 0) is 0 Å². The number of carbonyl (C=O) groups is 1. The number of pyridine rings is 2. The van der Waals surface area contributed by atoms with Gasteiger partial charge < -0.3 is 5.32 Å². The van der Waals surface area contributed by atoms with Gasteiger partial charge in [0.2, 0.25) is 0 Å². The van der Waals surface area contributed by atoms with E-state index in [1.54, 1.807) is 23.0 Å². The summed E-state index contributed by atoms with van der Waals surface area (Å²) in [4.78, 5) is 16.4. The zero-order valence-corrected chi connectivity index (χ0v) is 11.4. The number of anilines is 1. The van der Waals surface area contributed by atoms with Crippen molar-refractivity contribution >= 4 is 28.8 Å². The molecule has 0 saturated carbocycles. The zero-order valence-electron chi connectivity index (χ0n) is 10.7. The topological polar surface area (TPSA) is 59.3 Å². The standard InChI is InChI=1S/C14H11ClN4O/c1-9-5-4-7-16-13(9)17-14(20)12-11(15)10-6-2-3-8-19(10)18-12/h2-8H,1H3,(H,16,17,20). The molecule has 20 heavy (non-hydrogen) atoms. The number of amides is 1. The van der Waals surface area contributed by atoms with Gasteiger partial charge in [0.05, 0.1) is 10.5 Å². The van der Waals surface area contributed by atoms with Crippen LogP contribution in [0.5, 0.6) is 0 Å². The van der Waals surface area contributed by atoms with Crippen molar-refractivity contribution in [1.82, 2.24) is 14.6 Å². The molecule has 0 aliphatic heterocycles. The minimum absolute atomic E-state index is 0.183. The Hall–Kier alpha value is -2.40. The maximum Gasteiger partial charge on any atom is 0.278 e. The monoisotopic (exact) mass is 286 g/mol. The summed E-state index contributed by atoms with van der Waals surface area (Å²) >= 11 is 6.19. The molecule has 5 nitrogen and oxygen atoms in total. The van der Waals surface area contributed by atoms with Crippen molar-refractivity contribution in [1.29, 1.82) is 0 Å². The molecule has 3 rings (SSSR count). The minimum Gasteiger partial charge on any atom is -0.305 e. The second kappa shape index (κ2) is 4.94. The number of aryl methyl sites for hydroxylation is 1. The van der Waals surface area contributed by atoms with Crippen LogP contribution in [0.4, 0.5) is 5.82 Å². The Morgan fingerprint density at radius 2 is 2.15 bits per heavy atom. The number of hydrogen-bond donors (Lipinski definition) is 1. The highest BCUT2D eigenvalue weighted by molar-refractivity contribution is 6.37. The third-order valence-electron chi connectivity index (χ3n) is 2.94. The molecule has 3 aromatic heterocycles. The Morgan fingerprint density at radius 3 is 2.90 bits per heavy atom. The SMILES string of the molecule is Cc1cccnc1NC(=O)c1nn2ccccc2c1Cl. The molecule has 3 aromatic rings. The number of nitrogens with one attached hydrogen (secondary N) is 1. The first-order valence-corrected chi connectivity index (χ1v) is 6.40. The summed E-state index contributed by atoms with van der Waals surface area (Å²) in [6, 6.07) is 9.14. The van der Waals surface area contributed by atoms with Gasteiger partial charge in [-0.3, -0.25) is 4.79 Å². The number of nitrogens with zero attached hydrogens (tertiary/aromatic N) is 3. The highest BCUT2D eigenvalue weighted by Crippen LogP contribution is 2.22. The van der Waals surface area contributed by atoms with Crippen LogP contribution in [0.15, 0.2) is 42.7 Å². The summed E-state index contributed by atoms with van der Waals surface area (Å²) in [5.74, 6) is 0.131. The number of carbonyl (C=O) groups excluding carboxylic acids is 1. The molecule has 1 N–H and O–H groups in total. The predicted octanol–water partition coefficient (Wildman–Crippen LogP) is 2.94. The molecule has 0 fully saturated rings. The largest absolute Gasteiger partial charge is 0.305 e. The van der Waals surface area contributed by atoms with Crippen molar-refractivity contribution in [3.05, 3.63) is 59.0 Å². The van der Waals surface area contributed by atoms with Crippen LogP contribution >= 0.6 is 11.6 Å². The Labute approximate surface area is 120 Å². The Bertz CT molecular complexity index is 797. The highest BCUT2D eigenvalue weighted by Gasteiger charge is 2.18. The van der Waals surface area contributed by atoms with Crippen molar-refractivity contribution in [3.63, 3.8) is 0 Å². The molecule has 0 unspecified atom stereocenters. The van der Waals surface area contributed by atoms with E-state index in [9.17, 15) is 4.79 Å². The molecular weight excluding hydrogens is 276 g/mol. The lowest BCUT2D eigenvalue weighted by Gasteiger charge is -2.04. The molecule has 0 radical (unpaired) electrons. The van der Waals surface area contributed by atoms with E-state index in [0.29, 0.717) is 16.4 Å². The van der Waals surface area contributed by atoms with Crippen molar-refractivity contribution in [3.8, 4) is 0 Å². The Morgan fingerprint density at radius 1 is 1.30 bits per heavy atom. The van der Waals surface area contributed by atoms with Crippen LogP contribution in [-0.4, -0.2) is 20.5 Å². The van der Waals surface area contributed by atoms with Crippen LogP contribution < -0.4 is 5.32 Å². The van der Waals surface area contributed by atoms with Gasteiger partial charge in [0.25, 0.3) is 5.91 Å². The van der Waals surface area contributed by atoms with E-state index < -0.39 is 0 Å². The van der Waals surface area contributed by atoms with E-state index >= 15 is 0 Å². The molecule has 100 valence electrons. The summed E-state index contributed by atoms with van der Waals surface area (Å²) in [5, 5.41) is 7.23. The molecule has 0 aliphatic carbocycles. The fourth-order valence-corrected chi connectivity index (χ4v) is 2.17. The molecule has 3 heterocycles. The minimum atomic E-state index is -0.375. The lowest BCUT2D eigenvalue weighted by atomic mass is 10.3. The maximum absolute atomic E-state index is 12.2. The van der Waals surface area contributed by atoms with Gasteiger partial charge in [0, 0.05) is 12.4 Å². The second-order valence-electron chi connectivity index (χ2n) is 4.32. The van der Waals surface area contributed by atoms with E-state index in [0.717, 1.165) is 5.56 Å². The molecule has 0 bridgehead atoms. The summed E-state index contributed by atoms with van der Waals surface area (Å²) in [5.41, 5.74) is 1.75. The third kappa shape index (κ3) is 2.12. The van der Waals surface area contributed by atoms with Gasteiger partial charge in [-0.2, -0.15) is 5.10 Å². The average Bonchev–Trinajstić information content (AvgIpc) is 2.79. The maximum atomic E-state index is 12.2. The number of fused-ring (bicyclic) bond motifs is 1. The van der Waals surface area contributed by atoms with Crippen LogP contribution in [0.1, 0.15) is 16.1 Å². The van der Waals surface area contributed by atoms with Crippen molar-refractivity contribution in [2.75, 3.05) is 5.32 Å². The number of hydrogen-bond acceptors (Lipinski definition) is 3. The van der Waals surface area contributed by atoms with Crippen molar-refractivity contribution < 1.29 is 4.79 Å². The molecule has 1 amide bonds. The molecule has 0 aliphatic rings. The van der Waals surface area contributed by atoms with Crippen LogP contribution in [0, 0.1) is 6.92 Å². The molecular formula is C14H11ClN4O. The van der Waals surface area contributed by atoms with Gasteiger partial charge >= 0.3 is 0 Å². The highest BCUT2D eigenvalue weighted by atomic mass is 35.5. The van der Waals surface area contributed by atoms with E-state index in [1.165, 1.54) is 0 Å². The van der Waals surface area contributed by atoms with Crippen LogP contribution in [0.2, 0.25) is 5.02 Å². The van der Waals surface area contributed by atoms with Crippen LogP contribution in [0.25, 0.3) is 5.52 Å². The molecule has 6 heteroatoms. The number of halogens is 1. The van der Waals surface area contributed by atoms with Gasteiger partial charge in [0.1, 0.15) is 5.82 Å². The van der Waals surface area contributed by atoms with Gasteiger partial charge in [-0.25, -0.2) is 9.50 Å². The van der Waals surface area contributed by atoms with Gasteiger partial charge in [-0.15, -0.1) is 0 Å². The Kier molecular flexibility index (Phi) is 3.12. The smallest absolute Gasteiger partial charge is 0.278 e. The number of aromatic nitrogens is 3. The lowest BCUT2D eigenvalue weighted by molar-refractivity contribution is 0.102. The molecule has 0 saturated heterocycles. The summed E-state index contributed by atoms with van der Waals surface area (Å²) in [7, 11) is 0. The quantitative estimate of drug-likeness (QED) is 0.788. The van der Waals surface area contributed by atoms with Gasteiger partial charge in [-0.05, 0) is 30.7 Å². The average molecular weight is 287 g/mol. The number of rotatable bonds is 2. The molecule has 0 atom stereocenters. The third-order valence-corrected chi connectivity index (χ3v) is 3.31. The van der Waals surface area contributed by atoms with E-state index in [1.807, 2.05) is 31.2 Å². The predicted molar refractivity (Wildman–Crippen MR) is 77.1 cm³/mol. The second-order valence-corrected chi connectivity index (χ2v) is 4.69. The molecule has 0 spiro atoms. The molecule has 0 aromatic carbocycles. The van der Waals surface area contributed by atoms with E-state index in [-0.39, 0.29) is 11.6 Å². The fourth-order valence-electron chi connectivity index (χ4n) is 1.90. The van der Waals surface area contributed by atoms with E-state index in [2.05, 4.69) is 15.4 Å². The zero-order chi connectivity index (χ0) is 14.1. The van der Waals surface area contributed by atoms with Crippen LogP contribution in [0.3, 0.4) is 0 Å². The first kappa shape index (κ1) is 12.6. The normalized spacial score (nSPS) is 10.7. The van der Waals surface area contributed by atoms with E-state index in [4.69, 9.17) is 11.6 Å².